The van der Waals surface area contributed by atoms with Crippen LogP contribution in [0.4, 0.5) is 0 Å². The molecule has 12 heavy (non-hydrogen) atoms. The van der Waals surface area contributed by atoms with Crippen LogP contribution in [0.2, 0.25) is 0 Å². The highest BCUT2D eigenvalue weighted by Gasteiger charge is 2.65. The number of fused-ring (bicyclic) bond motifs is 2. The van der Waals surface area contributed by atoms with Gasteiger partial charge in [0.25, 0.3) is 0 Å². The Kier molecular flexibility index (Phi) is 1.72. The molecule has 2 atom stereocenters. The molecule has 2 aliphatic heterocycles. The normalized spacial score (nSPS) is 43.7. The van der Waals surface area contributed by atoms with E-state index in [9.17, 15) is 4.57 Å². The minimum absolute atomic E-state index is 0.313. The quantitative estimate of drug-likeness (QED) is 0.187. The van der Waals surface area contributed by atoms with Gasteiger partial charge in [-0.15, -0.1) is 15.6 Å². The molecule has 0 aromatic rings. The largest absolute Gasteiger partial charge is 0.526 e. The topological polar surface area (TPSA) is 122 Å². The molecule has 0 amide bonds. The first-order valence-electron chi connectivity index (χ1n) is 2.64. The summed E-state index contributed by atoms with van der Waals surface area (Å²) in [6.07, 6.45) is 0. The minimum Gasteiger partial charge on any atom is -0.312 e. The Bertz CT molecular complexity index is 239. The first kappa shape index (κ1) is 8.47. The predicted octanol–water partition coefficient (Wildman–Crippen LogP) is -1.20. The van der Waals surface area contributed by atoms with Crippen LogP contribution in [0.1, 0.15) is 0 Å². The Balaban J connectivity index is 2.27. The molecule has 0 radical (unpaired) electrons. The van der Waals surface area contributed by atoms with Crippen molar-refractivity contribution < 1.29 is 33.8 Å². The van der Waals surface area contributed by atoms with Crippen LogP contribution in [0.25, 0.3) is 0 Å². The van der Waals surface area contributed by atoms with Crippen LogP contribution in [-0.2, 0) is 23.4 Å². The maximum atomic E-state index is 11.0. The molecule has 2 rings (SSSR count). The monoisotopic (exact) mass is 201 g/mol. The number of hydroxylamine groups is 4. The first-order chi connectivity index (χ1) is 5.64. The predicted molar refractivity (Wildman–Crippen MR) is 26.4 cm³/mol. The number of nitrogens with zero attached hydrogens (tertiary/aromatic N) is 1. The molecular formula is CH4N3O7P. The Morgan fingerprint density at radius 2 is 2.08 bits per heavy atom. The number of phosphoric acid groups is 1. The fourth-order valence-corrected chi connectivity index (χ4v) is 1.70. The van der Waals surface area contributed by atoms with E-state index in [-0.39, 0.29) is 0 Å². The van der Waals surface area contributed by atoms with Gasteiger partial charge in [-0.1, -0.05) is 4.99 Å². The lowest BCUT2D eigenvalue weighted by atomic mass is 10.8. The molecule has 0 saturated carbocycles. The van der Waals surface area contributed by atoms with Crippen molar-refractivity contribution in [3.8, 4) is 0 Å². The van der Waals surface area contributed by atoms with Gasteiger partial charge >= 0.3 is 13.8 Å². The van der Waals surface area contributed by atoms with Crippen molar-refractivity contribution >= 4 is 7.82 Å². The zero-order chi connectivity index (χ0) is 8.82. The lowest BCUT2D eigenvalue weighted by Gasteiger charge is -2.27. The highest BCUT2D eigenvalue weighted by molar-refractivity contribution is 7.48. The number of nitrogens with one attached hydrogen (secondary N) is 2. The van der Waals surface area contributed by atoms with E-state index in [1.807, 2.05) is 0 Å². The molecule has 2 heterocycles. The second-order valence-corrected chi connectivity index (χ2v) is 3.28. The van der Waals surface area contributed by atoms with Gasteiger partial charge in [-0.05, 0) is 0 Å². The summed E-state index contributed by atoms with van der Waals surface area (Å²) >= 11 is 0. The van der Waals surface area contributed by atoms with Crippen molar-refractivity contribution in [2.75, 3.05) is 0 Å². The van der Waals surface area contributed by atoms with Gasteiger partial charge in [0, 0.05) is 5.23 Å². The zero-order valence-electron chi connectivity index (χ0n) is 5.33. The molecule has 0 aliphatic carbocycles. The summed E-state index contributed by atoms with van der Waals surface area (Å²) in [4.78, 5) is 4.13. The van der Waals surface area contributed by atoms with Crippen molar-refractivity contribution in [1.29, 1.82) is 0 Å². The molecular weight excluding hydrogens is 197 g/mol. The lowest BCUT2D eigenvalue weighted by Crippen LogP contribution is -2.64. The average Bonchev–Trinajstić information content (AvgIpc) is 2.57. The molecule has 2 unspecified atom stereocenters. The molecule has 2 bridgehead atoms. The molecule has 70 valence electrons. The highest BCUT2D eigenvalue weighted by Crippen LogP contribution is 2.63. The van der Waals surface area contributed by atoms with Crippen molar-refractivity contribution in [3.05, 3.63) is 0 Å². The van der Waals surface area contributed by atoms with Gasteiger partial charge in [-0.2, -0.15) is 4.62 Å². The SMILES string of the molecule is O=P12OON(O1)C(NO)(NO)O2. The van der Waals surface area contributed by atoms with E-state index in [1.165, 1.54) is 11.0 Å². The van der Waals surface area contributed by atoms with Crippen LogP contribution in [0.5, 0.6) is 0 Å². The van der Waals surface area contributed by atoms with Gasteiger partial charge in [0.15, 0.2) is 0 Å². The first-order valence-corrected chi connectivity index (χ1v) is 4.10. The lowest BCUT2D eigenvalue weighted by molar-refractivity contribution is -0.505. The van der Waals surface area contributed by atoms with E-state index in [2.05, 4.69) is 18.8 Å². The van der Waals surface area contributed by atoms with Crippen molar-refractivity contribution in [1.82, 2.24) is 16.2 Å². The Hall–Kier alpha value is -0.130. The standard InChI is InChI=1S/CH4N3O7P/c5-2-1(3-6)4-9-11-12(7,8-1)10-4/h2-3,5-6H. The fourth-order valence-electron chi connectivity index (χ4n) is 0.674. The van der Waals surface area contributed by atoms with Crippen LogP contribution in [0.3, 0.4) is 0 Å². The van der Waals surface area contributed by atoms with Gasteiger partial charge < -0.3 is 10.4 Å². The van der Waals surface area contributed by atoms with Crippen molar-refractivity contribution in [2.45, 2.75) is 5.97 Å². The van der Waals surface area contributed by atoms with Gasteiger partial charge in [0.1, 0.15) is 0 Å². The third-order valence-corrected chi connectivity index (χ3v) is 2.26. The third kappa shape index (κ3) is 0.932. The van der Waals surface area contributed by atoms with E-state index in [1.54, 1.807) is 0 Å². The number of hydrogen-bond acceptors (Lipinski definition) is 10. The second kappa shape index (κ2) is 2.43. The maximum absolute atomic E-state index is 11.0. The van der Waals surface area contributed by atoms with Crippen molar-refractivity contribution in [2.24, 2.45) is 0 Å². The number of hydrogen-bond donors (Lipinski definition) is 4. The van der Waals surface area contributed by atoms with Gasteiger partial charge in [0.2, 0.25) is 0 Å². The van der Waals surface area contributed by atoms with E-state index >= 15 is 0 Å². The summed E-state index contributed by atoms with van der Waals surface area (Å²) < 4.78 is 23.8. The second-order valence-electron chi connectivity index (χ2n) is 1.89. The van der Waals surface area contributed by atoms with Gasteiger partial charge in [-0.3, -0.25) is 0 Å². The minimum atomic E-state index is -3.87. The fraction of sp³-hybridized carbons (Fsp3) is 1.00. The van der Waals surface area contributed by atoms with Crippen LogP contribution >= 0.6 is 7.82 Å². The Labute approximate surface area is 64.9 Å². The molecule has 0 aromatic carbocycles. The van der Waals surface area contributed by atoms with Gasteiger partial charge in [0.05, 0.1) is 0 Å². The molecule has 4 N–H and O–H groups in total. The van der Waals surface area contributed by atoms with Crippen LogP contribution in [0, 0.1) is 0 Å². The Morgan fingerprint density at radius 3 is 2.33 bits per heavy atom. The molecule has 2 aliphatic rings. The van der Waals surface area contributed by atoms with Gasteiger partial charge in [-0.25, -0.2) is 9.09 Å². The van der Waals surface area contributed by atoms with Crippen LogP contribution < -0.4 is 11.0 Å². The molecule has 2 fully saturated rings. The van der Waals surface area contributed by atoms with Crippen LogP contribution in [-0.4, -0.2) is 21.6 Å². The van der Waals surface area contributed by atoms with E-state index in [4.69, 9.17) is 10.4 Å². The van der Waals surface area contributed by atoms with E-state index in [0.717, 1.165) is 0 Å². The van der Waals surface area contributed by atoms with Crippen molar-refractivity contribution in [3.63, 3.8) is 0 Å². The molecule has 2 saturated heterocycles. The van der Waals surface area contributed by atoms with E-state index in [0.29, 0.717) is 5.23 Å². The van der Waals surface area contributed by atoms with E-state index < -0.39 is 13.8 Å². The smallest absolute Gasteiger partial charge is 0.312 e. The summed E-state index contributed by atoms with van der Waals surface area (Å²) in [7, 11) is -3.87. The highest BCUT2D eigenvalue weighted by atomic mass is 31.2. The maximum Gasteiger partial charge on any atom is 0.526 e. The average molecular weight is 201 g/mol. The Morgan fingerprint density at radius 1 is 1.42 bits per heavy atom. The molecule has 0 spiro atoms. The molecule has 10 nitrogen and oxygen atoms in total. The third-order valence-electron chi connectivity index (χ3n) is 1.17. The summed E-state index contributed by atoms with van der Waals surface area (Å²) in [6.45, 7) is 0. The number of rotatable bonds is 2. The summed E-state index contributed by atoms with van der Waals surface area (Å²) in [5, 5.41) is 17.3. The molecule has 11 heteroatoms. The summed E-state index contributed by atoms with van der Waals surface area (Å²) in [6, 6.07) is 0. The molecule has 0 aromatic heterocycles. The summed E-state index contributed by atoms with van der Waals surface area (Å²) in [5.41, 5.74) is 2.85. The zero-order valence-corrected chi connectivity index (χ0v) is 6.22. The van der Waals surface area contributed by atoms with Crippen LogP contribution in [0.15, 0.2) is 0 Å². The summed E-state index contributed by atoms with van der Waals surface area (Å²) in [5.74, 6) is -2.13.